The molecule has 0 bridgehead atoms. The summed E-state index contributed by atoms with van der Waals surface area (Å²) in [4.78, 5) is 14.4. The summed E-state index contributed by atoms with van der Waals surface area (Å²) < 4.78 is 14.3. The van der Waals surface area contributed by atoms with Crippen LogP contribution in [0.5, 0.6) is 0 Å². The van der Waals surface area contributed by atoms with Gasteiger partial charge in [0.25, 0.3) is 0 Å². The summed E-state index contributed by atoms with van der Waals surface area (Å²) in [6, 6.07) is 0. The van der Waals surface area contributed by atoms with Crippen molar-refractivity contribution in [2.75, 3.05) is 49.3 Å². The van der Waals surface area contributed by atoms with E-state index in [9.17, 15) is 4.79 Å². The summed E-state index contributed by atoms with van der Waals surface area (Å²) in [6.07, 6.45) is 27.4. The summed E-state index contributed by atoms with van der Waals surface area (Å²) in [7, 11) is 0. The van der Waals surface area contributed by atoms with E-state index in [1.165, 1.54) is 103 Å². The quantitative estimate of drug-likeness (QED) is 0.0958. The van der Waals surface area contributed by atoms with Gasteiger partial charge in [0.2, 0.25) is 0 Å². The number of carbonyl (C=O) groups excluding carboxylic acids is 1. The van der Waals surface area contributed by atoms with Crippen LogP contribution in [0.4, 0.5) is 4.79 Å². The molecule has 0 spiro atoms. The van der Waals surface area contributed by atoms with Gasteiger partial charge in [0.1, 0.15) is 0 Å². The molecule has 0 aliphatic heterocycles. The van der Waals surface area contributed by atoms with Crippen LogP contribution in [0, 0.1) is 0 Å². The predicted octanol–water partition coefficient (Wildman–Crippen LogP) is 12.5. The SMILES string of the molecule is CCCCP(CCCC)(CCCC)(CCCC)OC(=O)OP(CCCC)(CCCC)(CCCC)CCCC. The van der Waals surface area contributed by atoms with Crippen LogP contribution in [0.1, 0.15) is 158 Å². The molecule has 0 radical (unpaired) electrons. The van der Waals surface area contributed by atoms with Crippen LogP contribution in [0.2, 0.25) is 0 Å². The first-order valence-corrected chi connectivity index (χ1v) is 23.0. The number of rotatable bonds is 26. The normalized spacial score (nSPS) is 14.4. The van der Waals surface area contributed by atoms with Crippen molar-refractivity contribution in [3.63, 3.8) is 0 Å². The Kier molecular flexibility index (Phi) is 20.1. The van der Waals surface area contributed by atoms with Crippen LogP contribution in [0.3, 0.4) is 0 Å². The molecule has 38 heavy (non-hydrogen) atoms. The zero-order valence-corrected chi connectivity index (χ0v) is 29.4. The Bertz CT molecular complexity index is 470. The molecular formula is C33H72O3P2. The minimum absolute atomic E-state index is 0.237. The van der Waals surface area contributed by atoms with Crippen molar-refractivity contribution < 1.29 is 13.8 Å². The third kappa shape index (κ3) is 12.3. The van der Waals surface area contributed by atoms with Crippen LogP contribution >= 0.6 is 13.7 Å². The summed E-state index contributed by atoms with van der Waals surface area (Å²) in [5.41, 5.74) is 0. The average molecular weight is 579 g/mol. The molecule has 0 saturated carbocycles. The Balaban J connectivity index is 6.76. The molecule has 0 heterocycles. The summed E-state index contributed by atoms with van der Waals surface area (Å²) in [5.74, 6) is 0. The standard InChI is InChI=1S/C33H72O3P2/c1-9-17-25-37(26-18-10-2,27-19-11-3,28-20-12-4)35-33(34)36-38(29-21-13-5,30-22-14-6,31-23-15-7)32-24-16-8/h9-32H2,1-8H3. The van der Waals surface area contributed by atoms with E-state index < -0.39 is 13.7 Å². The maximum absolute atomic E-state index is 14.4. The molecule has 5 heteroatoms. The van der Waals surface area contributed by atoms with Crippen molar-refractivity contribution >= 4 is 19.8 Å². The molecule has 0 N–H and O–H groups in total. The van der Waals surface area contributed by atoms with Crippen molar-refractivity contribution in [3.8, 4) is 0 Å². The molecule has 0 aromatic carbocycles. The van der Waals surface area contributed by atoms with Crippen molar-refractivity contribution in [1.82, 2.24) is 0 Å². The molecule has 0 fully saturated rings. The van der Waals surface area contributed by atoms with E-state index in [1.807, 2.05) is 0 Å². The van der Waals surface area contributed by atoms with Crippen molar-refractivity contribution in [2.45, 2.75) is 158 Å². The molecule has 0 aliphatic carbocycles. The summed E-state index contributed by atoms with van der Waals surface area (Å²) in [5, 5.41) is 0. The van der Waals surface area contributed by atoms with E-state index in [2.05, 4.69) is 55.4 Å². The first-order valence-electron chi connectivity index (χ1n) is 17.2. The second kappa shape index (κ2) is 20.1. The summed E-state index contributed by atoms with van der Waals surface area (Å²) >= 11 is 0. The van der Waals surface area contributed by atoms with E-state index in [4.69, 9.17) is 9.05 Å². The van der Waals surface area contributed by atoms with Crippen LogP contribution in [-0.4, -0.2) is 55.5 Å². The number of hydrogen-bond acceptors (Lipinski definition) is 3. The monoisotopic (exact) mass is 578 g/mol. The first-order chi connectivity index (χ1) is 18.2. The Morgan fingerprint density at radius 2 is 0.526 bits per heavy atom. The molecule has 0 atom stereocenters. The minimum atomic E-state index is -2.71. The van der Waals surface area contributed by atoms with Gasteiger partial charge < -0.3 is 0 Å². The number of hydrogen-bond donors (Lipinski definition) is 0. The van der Waals surface area contributed by atoms with Gasteiger partial charge in [0.05, 0.1) is 0 Å². The molecular weight excluding hydrogens is 506 g/mol. The molecule has 0 aromatic heterocycles. The third-order valence-electron chi connectivity index (χ3n) is 9.28. The molecule has 0 aromatic rings. The van der Waals surface area contributed by atoms with Crippen LogP contribution in [0.25, 0.3) is 0 Å². The van der Waals surface area contributed by atoms with Crippen molar-refractivity contribution in [2.24, 2.45) is 0 Å². The third-order valence-corrected chi connectivity index (χ3v) is 22.2. The maximum atomic E-state index is 14.4. The molecule has 0 unspecified atom stereocenters. The van der Waals surface area contributed by atoms with Crippen molar-refractivity contribution in [1.29, 1.82) is 0 Å². The van der Waals surface area contributed by atoms with Crippen molar-refractivity contribution in [3.05, 3.63) is 0 Å². The van der Waals surface area contributed by atoms with Gasteiger partial charge in [-0.3, -0.25) is 0 Å². The topological polar surface area (TPSA) is 35.5 Å². The van der Waals surface area contributed by atoms with E-state index in [-0.39, 0.29) is 6.16 Å². The van der Waals surface area contributed by atoms with Crippen LogP contribution < -0.4 is 0 Å². The van der Waals surface area contributed by atoms with Gasteiger partial charge in [0.15, 0.2) is 0 Å². The van der Waals surface area contributed by atoms with Crippen LogP contribution in [-0.2, 0) is 9.05 Å². The van der Waals surface area contributed by atoms with E-state index in [0.29, 0.717) is 0 Å². The average Bonchev–Trinajstić information content (AvgIpc) is 2.93. The molecule has 0 aliphatic rings. The van der Waals surface area contributed by atoms with Gasteiger partial charge in [0, 0.05) is 0 Å². The van der Waals surface area contributed by atoms with Gasteiger partial charge in [-0.05, 0) is 0 Å². The van der Waals surface area contributed by atoms with Gasteiger partial charge in [-0.15, -0.1) is 0 Å². The van der Waals surface area contributed by atoms with Crippen LogP contribution in [0.15, 0.2) is 0 Å². The zero-order valence-electron chi connectivity index (χ0n) is 27.6. The fourth-order valence-electron chi connectivity index (χ4n) is 6.61. The second-order valence-electron chi connectivity index (χ2n) is 12.8. The Hall–Kier alpha value is 0.130. The second-order valence-corrected chi connectivity index (χ2v) is 24.1. The van der Waals surface area contributed by atoms with Gasteiger partial charge >= 0.3 is 241 Å². The Morgan fingerprint density at radius 1 is 0.368 bits per heavy atom. The predicted molar refractivity (Wildman–Crippen MR) is 180 cm³/mol. The molecule has 0 saturated heterocycles. The van der Waals surface area contributed by atoms with E-state index in [1.54, 1.807) is 0 Å². The fourth-order valence-corrected chi connectivity index (χ4v) is 19.9. The Labute approximate surface area is 240 Å². The van der Waals surface area contributed by atoms with Gasteiger partial charge in [-0.25, -0.2) is 0 Å². The zero-order chi connectivity index (χ0) is 28.9. The number of unbranched alkanes of at least 4 members (excludes halogenated alkanes) is 8. The van der Waals surface area contributed by atoms with Gasteiger partial charge in [-0.1, -0.05) is 0 Å². The molecule has 232 valence electrons. The van der Waals surface area contributed by atoms with E-state index in [0.717, 1.165) is 49.3 Å². The van der Waals surface area contributed by atoms with E-state index >= 15 is 0 Å². The Morgan fingerprint density at radius 3 is 0.658 bits per heavy atom. The fraction of sp³-hybridized carbons (Fsp3) is 0.970. The molecule has 0 rings (SSSR count). The number of carbonyl (C=O) groups is 1. The first kappa shape index (κ1) is 38.1. The van der Waals surface area contributed by atoms with Gasteiger partial charge in [-0.2, -0.15) is 0 Å². The summed E-state index contributed by atoms with van der Waals surface area (Å²) in [6.45, 7) is 12.9. The molecule has 3 nitrogen and oxygen atoms in total. The molecule has 0 amide bonds.